The first-order valence-electron chi connectivity index (χ1n) is 10.1. The van der Waals surface area contributed by atoms with E-state index in [2.05, 4.69) is 17.6 Å². The van der Waals surface area contributed by atoms with Crippen LogP contribution >= 0.6 is 0 Å². The molecule has 2 aromatic carbocycles. The van der Waals surface area contributed by atoms with E-state index in [0.29, 0.717) is 29.5 Å². The lowest BCUT2D eigenvalue weighted by molar-refractivity contribution is -0.119. The first-order valence-corrected chi connectivity index (χ1v) is 10.1. The first-order chi connectivity index (χ1) is 14.4. The second-order valence-electron chi connectivity index (χ2n) is 7.16. The third-order valence-corrected chi connectivity index (χ3v) is 4.31. The van der Waals surface area contributed by atoms with Crippen LogP contribution in [0.25, 0.3) is 6.08 Å². The maximum absolute atomic E-state index is 12.2. The topological polar surface area (TPSA) is 76.7 Å². The molecule has 2 N–H and O–H groups in total. The van der Waals surface area contributed by atoms with E-state index in [1.54, 1.807) is 37.5 Å². The van der Waals surface area contributed by atoms with Gasteiger partial charge in [0.05, 0.1) is 13.7 Å². The fourth-order valence-corrected chi connectivity index (χ4v) is 2.51. The van der Waals surface area contributed by atoms with Crippen LogP contribution in [0.15, 0.2) is 48.5 Å². The molecule has 0 aliphatic carbocycles. The van der Waals surface area contributed by atoms with Crippen molar-refractivity contribution in [3.8, 4) is 11.5 Å². The lowest BCUT2D eigenvalue weighted by Crippen LogP contribution is -2.17. The Morgan fingerprint density at radius 1 is 1.00 bits per heavy atom. The van der Waals surface area contributed by atoms with E-state index in [9.17, 15) is 9.59 Å². The van der Waals surface area contributed by atoms with Crippen LogP contribution in [-0.4, -0.2) is 25.5 Å². The minimum Gasteiger partial charge on any atom is -0.493 e. The summed E-state index contributed by atoms with van der Waals surface area (Å²) in [5, 5.41) is 5.61. The molecule has 2 aromatic rings. The maximum Gasteiger partial charge on any atom is 0.248 e. The summed E-state index contributed by atoms with van der Waals surface area (Å²) in [4.78, 5) is 23.9. The quantitative estimate of drug-likeness (QED) is 0.421. The summed E-state index contributed by atoms with van der Waals surface area (Å²) in [5.74, 6) is 0.929. The fourth-order valence-electron chi connectivity index (χ4n) is 2.51. The Bertz CT molecular complexity index is 873. The maximum atomic E-state index is 12.2. The number of amides is 2. The number of anilines is 2. The van der Waals surface area contributed by atoms with Gasteiger partial charge in [-0.15, -0.1) is 0 Å². The van der Waals surface area contributed by atoms with E-state index in [0.717, 1.165) is 18.4 Å². The van der Waals surface area contributed by atoms with Gasteiger partial charge in [0.1, 0.15) is 0 Å². The number of methoxy groups -OCH3 is 1. The van der Waals surface area contributed by atoms with Gasteiger partial charge in [0, 0.05) is 23.4 Å². The summed E-state index contributed by atoms with van der Waals surface area (Å²) in [6, 6.07) is 12.5. The number of nitrogens with one attached hydrogen (secondary N) is 2. The van der Waals surface area contributed by atoms with Crippen molar-refractivity contribution in [2.24, 2.45) is 5.92 Å². The number of carbonyl (C=O) groups excluding carboxylic acids is 2. The van der Waals surface area contributed by atoms with E-state index in [4.69, 9.17) is 9.47 Å². The van der Waals surface area contributed by atoms with Gasteiger partial charge in [-0.25, -0.2) is 0 Å². The van der Waals surface area contributed by atoms with Gasteiger partial charge in [0.2, 0.25) is 11.8 Å². The highest BCUT2D eigenvalue weighted by atomic mass is 16.5. The van der Waals surface area contributed by atoms with Crippen LogP contribution < -0.4 is 20.1 Å². The molecule has 0 unspecified atom stereocenters. The molecule has 0 saturated heterocycles. The molecular weight excluding hydrogens is 380 g/mol. The molecular formula is C24H30N2O4. The summed E-state index contributed by atoms with van der Waals surface area (Å²) in [5.41, 5.74) is 2.16. The van der Waals surface area contributed by atoms with Crippen LogP contribution in [-0.2, 0) is 9.59 Å². The lowest BCUT2D eigenvalue weighted by atomic mass is 10.2. The number of hydrogen-bond acceptors (Lipinski definition) is 4. The highest BCUT2D eigenvalue weighted by molar-refractivity contribution is 6.02. The number of rotatable bonds is 10. The predicted molar refractivity (Wildman–Crippen MR) is 121 cm³/mol. The van der Waals surface area contributed by atoms with E-state index in [1.165, 1.54) is 6.08 Å². The predicted octanol–water partition coefficient (Wildman–Crippen LogP) is 5.12. The molecule has 6 nitrogen and oxygen atoms in total. The Morgan fingerprint density at radius 2 is 1.67 bits per heavy atom. The summed E-state index contributed by atoms with van der Waals surface area (Å²) >= 11 is 0. The van der Waals surface area contributed by atoms with Crippen molar-refractivity contribution in [3.05, 3.63) is 54.1 Å². The zero-order chi connectivity index (χ0) is 21.9. The molecule has 0 heterocycles. The Hall–Kier alpha value is -3.28. The first kappa shape index (κ1) is 23.0. The van der Waals surface area contributed by atoms with Crippen LogP contribution in [0, 0.1) is 5.92 Å². The number of ether oxygens (including phenoxy) is 2. The monoisotopic (exact) mass is 410 g/mol. The molecule has 0 aromatic heterocycles. The molecule has 30 heavy (non-hydrogen) atoms. The van der Waals surface area contributed by atoms with Crippen LogP contribution in [0.1, 0.15) is 39.2 Å². The van der Waals surface area contributed by atoms with E-state index < -0.39 is 0 Å². The van der Waals surface area contributed by atoms with Gasteiger partial charge in [0.25, 0.3) is 0 Å². The Labute approximate surface area is 178 Å². The van der Waals surface area contributed by atoms with Crippen LogP contribution in [0.5, 0.6) is 11.5 Å². The van der Waals surface area contributed by atoms with Gasteiger partial charge in [-0.2, -0.15) is 0 Å². The number of benzene rings is 2. The molecule has 0 saturated carbocycles. The molecule has 0 fully saturated rings. The zero-order valence-corrected chi connectivity index (χ0v) is 18.0. The second kappa shape index (κ2) is 11.7. The van der Waals surface area contributed by atoms with Gasteiger partial charge >= 0.3 is 0 Å². The minimum atomic E-state index is -0.254. The van der Waals surface area contributed by atoms with E-state index in [1.807, 2.05) is 32.0 Å². The molecule has 0 aliphatic heterocycles. The van der Waals surface area contributed by atoms with Gasteiger partial charge in [-0.05, 0) is 54.5 Å². The fraction of sp³-hybridized carbons (Fsp3) is 0.333. The number of carbonyl (C=O) groups is 2. The van der Waals surface area contributed by atoms with Crippen molar-refractivity contribution < 1.29 is 19.1 Å². The zero-order valence-electron chi connectivity index (χ0n) is 18.0. The molecule has 160 valence electrons. The minimum absolute atomic E-state index is 0.0491. The van der Waals surface area contributed by atoms with Crippen molar-refractivity contribution in [1.82, 2.24) is 0 Å². The smallest absolute Gasteiger partial charge is 0.248 e. The SMILES string of the molecule is CCCCOc1ccc(/C=C/C(=O)Nc2ccc(NC(=O)C(C)C)cc2)cc1OC. The third-order valence-electron chi connectivity index (χ3n) is 4.31. The summed E-state index contributed by atoms with van der Waals surface area (Å²) in [6.45, 7) is 6.42. The van der Waals surface area contributed by atoms with Gasteiger partial charge in [-0.1, -0.05) is 33.3 Å². The van der Waals surface area contributed by atoms with Gasteiger partial charge in [0.15, 0.2) is 11.5 Å². The van der Waals surface area contributed by atoms with Crippen LogP contribution in [0.3, 0.4) is 0 Å². The standard InChI is InChI=1S/C24H30N2O4/c1-5-6-15-30-21-13-7-18(16-22(21)29-4)8-14-23(27)25-19-9-11-20(12-10-19)26-24(28)17(2)3/h7-14,16-17H,5-6,15H2,1-4H3,(H,25,27)(H,26,28)/b14-8+. The van der Waals surface area contributed by atoms with Crippen molar-refractivity contribution in [2.75, 3.05) is 24.4 Å². The summed E-state index contributed by atoms with van der Waals surface area (Å²) in [7, 11) is 1.59. The highest BCUT2D eigenvalue weighted by Gasteiger charge is 2.07. The average Bonchev–Trinajstić information content (AvgIpc) is 2.74. The summed E-state index contributed by atoms with van der Waals surface area (Å²) in [6.07, 6.45) is 5.22. The van der Waals surface area contributed by atoms with Crippen molar-refractivity contribution in [1.29, 1.82) is 0 Å². The number of unbranched alkanes of at least 4 members (excludes halogenated alkanes) is 1. The van der Waals surface area contributed by atoms with Crippen molar-refractivity contribution in [3.63, 3.8) is 0 Å². The second-order valence-corrected chi connectivity index (χ2v) is 7.16. The summed E-state index contributed by atoms with van der Waals surface area (Å²) < 4.78 is 11.1. The Morgan fingerprint density at radius 3 is 2.27 bits per heavy atom. The molecule has 2 amide bonds. The Kier molecular flexibility index (Phi) is 8.94. The van der Waals surface area contributed by atoms with Crippen LogP contribution in [0.4, 0.5) is 11.4 Å². The molecule has 0 spiro atoms. The molecule has 0 bridgehead atoms. The number of hydrogen-bond donors (Lipinski definition) is 2. The van der Waals surface area contributed by atoms with Crippen molar-refractivity contribution in [2.45, 2.75) is 33.6 Å². The average molecular weight is 411 g/mol. The largest absolute Gasteiger partial charge is 0.493 e. The normalized spacial score (nSPS) is 10.8. The van der Waals surface area contributed by atoms with Gasteiger partial charge < -0.3 is 20.1 Å². The van der Waals surface area contributed by atoms with Crippen LogP contribution in [0.2, 0.25) is 0 Å². The molecule has 6 heteroatoms. The molecule has 0 atom stereocenters. The van der Waals surface area contributed by atoms with Gasteiger partial charge in [-0.3, -0.25) is 9.59 Å². The van der Waals surface area contributed by atoms with Crippen molar-refractivity contribution >= 4 is 29.3 Å². The highest BCUT2D eigenvalue weighted by Crippen LogP contribution is 2.28. The third kappa shape index (κ3) is 7.28. The Balaban J connectivity index is 1.94. The lowest BCUT2D eigenvalue weighted by Gasteiger charge is -2.11. The molecule has 0 radical (unpaired) electrons. The van der Waals surface area contributed by atoms with E-state index in [-0.39, 0.29) is 17.7 Å². The molecule has 0 aliphatic rings. The molecule has 2 rings (SSSR count). The van der Waals surface area contributed by atoms with E-state index >= 15 is 0 Å².